The Balaban J connectivity index is 2.96. The van der Waals surface area contributed by atoms with E-state index in [0.717, 1.165) is 12.1 Å². The largest absolute Gasteiger partial charge is 0.478 e. The predicted octanol–water partition coefficient (Wildman–Crippen LogP) is 2.98. The molecule has 0 amide bonds. The first-order valence-electron chi connectivity index (χ1n) is 6.07. The number of anilines is 1. The number of hydrogen-bond acceptors (Lipinski definition) is 3. The molecule has 20 heavy (non-hydrogen) atoms. The maximum Gasteiger partial charge on any atom is 0.417 e. The number of aliphatic hydroxyl groups excluding tert-OH is 1. The molecule has 0 aliphatic rings. The Morgan fingerprint density at radius 2 is 2.05 bits per heavy atom. The molecular formula is C13H16F3NO3. The van der Waals surface area contributed by atoms with Crippen LogP contribution in [0.1, 0.15) is 35.7 Å². The van der Waals surface area contributed by atoms with Crippen molar-refractivity contribution in [2.75, 3.05) is 11.9 Å². The van der Waals surface area contributed by atoms with Crippen LogP contribution in [0.4, 0.5) is 18.9 Å². The van der Waals surface area contributed by atoms with E-state index in [1.54, 1.807) is 6.92 Å². The van der Waals surface area contributed by atoms with Crippen LogP contribution >= 0.6 is 0 Å². The lowest BCUT2D eigenvalue weighted by atomic mass is 10.1. The summed E-state index contributed by atoms with van der Waals surface area (Å²) in [6.07, 6.45) is -3.52. The average molecular weight is 291 g/mol. The maximum absolute atomic E-state index is 12.7. The summed E-state index contributed by atoms with van der Waals surface area (Å²) in [6.45, 7) is 1.83. The van der Waals surface area contributed by atoms with Crippen molar-refractivity contribution in [1.29, 1.82) is 0 Å². The van der Waals surface area contributed by atoms with Crippen LogP contribution in [0.5, 0.6) is 0 Å². The van der Waals surface area contributed by atoms with Gasteiger partial charge < -0.3 is 15.5 Å². The van der Waals surface area contributed by atoms with Gasteiger partial charge in [-0.1, -0.05) is 0 Å². The van der Waals surface area contributed by atoms with Gasteiger partial charge in [-0.25, -0.2) is 4.79 Å². The molecule has 1 rings (SSSR count). The van der Waals surface area contributed by atoms with Crippen molar-refractivity contribution in [3.8, 4) is 0 Å². The van der Waals surface area contributed by atoms with E-state index >= 15 is 0 Å². The van der Waals surface area contributed by atoms with Crippen molar-refractivity contribution in [3.63, 3.8) is 0 Å². The summed E-state index contributed by atoms with van der Waals surface area (Å²) in [4.78, 5) is 10.9. The number of alkyl halides is 3. The lowest BCUT2D eigenvalue weighted by Crippen LogP contribution is -2.17. The summed E-state index contributed by atoms with van der Waals surface area (Å²) >= 11 is 0. The molecule has 0 fully saturated rings. The Morgan fingerprint density at radius 3 is 2.55 bits per heavy atom. The molecule has 0 heterocycles. The average Bonchev–Trinajstić information content (AvgIpc) is 2.34. The standard InChI is InChI=1S/C13H16F3NO3/c1-8(3-2-6-18)17-9-4-5-11(13(14,15)16)10(7-9)12(19)20/h4-5,7-8,17-18H,2-3,6H2,1H3,(H,19,20). The minimum Gasteiger partial charge on any atom is -0.478 e. The van der Waals surface area contributed by atoms with Crippen LogP contribution in [0.3, 0.4) is 0 Å². The van der Waals surface area contributed by atoms with Crippen LogP contribution in [-0.2, 0) is 6.18 Å². The molecular weight excluding hydrogens is 275 g/mol. The Kier molecular flexibility index (Phi) is 5.38. The Hall–Kier alpha value is -1.76. The Labute approximate surface area is 114 Å². The van der Waals surface area contributed by atoms with Crippen LogP contribution in [0, 0.1) is 0 Å². The van der Waals surface area contributed by atoms with E-state index in [2.05, 4.69) is 5.32 Å². The summed E-state index contributed by atoms with van der Waals surface area (Å²) in [5, 5.41) is 20.5. The topological polar surface area (TPSA) is 69.6 Å². The number of benzene rings is 1. The van der Waals surface area contributed by atoms with Gasteiger partial charge in [0.05, 0.1) is 11.1 Å². The summed E-state index contributed by atoms with van der Waals surface area (Å²) in [6, 6.07) is 2.84. The van der Waals surface area contributed by atoms with Gasteiger partial charge in [0.2, 0.25) is 0 Å². The zero-order valence-corrected chi connectivity index (χ0v) is 10.9. The molecule has 0 aliphatic carbocycles. The normalized spacial score (nSPS) is 13.1. The first-order chi connectivity index (χ1) is 9.25. The van der Waals surface area contributed by atoms with Crippen molar-refractivity contribution < 1.29 is 28.2 Å². The Morgan fingerprint density at radius 1 is 1.40 bits per heavy atom. The van der Waals surface area contributed by atoms with Gasteiger partial charge in [0.1, 0.15) is 0 Å². The third kappa shape index (κ3) is 4.41. The fourth-order valence-corrected chi connectivity index (χ4v) is 1.81. The fraction of sp³-hybridized carbons (Fsp3) is 0.462. The van der Waals surface area contributed by atoms with Crippen LogP contribution in [0.25, 0.3) is 0 Å². The highest BCUT2D eigenvalue weighted by atomic mass is 19.4. The maximum atomic E-state index is 12.7. The van der Waals surface area contributed by atoms with E-state index in [1.165, 1.54) is 6.07 Å². The van der Waals surface area contributed by atoms with Crippen LogP contribution < -0.4 is 5.32 Å². The number of hydrogen-bond donors (Lipinski definition) is 3. The van der Waals surface area contributed by atoms with Gasteiger partial charge in [-0.2, -0.15) is 13.2 Å². The number of rotatable bonds is 6. The highest BCUT2D eigenvalue weighted by Crippen LogP contribution is 2.33. The van der Waals surface area contributed by atoms with E-state index < -0.39 is 23.3 Å². The molecule has 1 unspecified atom stereocenters. The molecule has 0 saturated carbocycles. The van der Waals surface area contributed by atoms with Gasteiger partial charge in [0.15, 0.2) is 0 Å². The SMILES string of the molecule is CC(CCCO)Nc1ccc(C(F)(F)F)c(C(=O)O)c1. The quantitative estimate of drug-likeness (QED) is 0.753. The number of nitrogens with one attached hydrogen (secondary N) is 1. The smallest absolute Gasteiger partial charge is 0.417 e. The second-order valence-electron chi connectivity index (χ2n) is 4.47. The highest BCUT2D eigenvalue weighted by Gasteiger charge is 2.35. The summed E-state index contributed by atoms with van der Waals surface area (Å²) in [7, 11) is 0. The first kappa shape index (κ1) is 16.3. The summed E-state index contributed by atoms with van der Waals surface area (Å²) in [5.41, 5.74) is -1.64. The minimum absolute atomic E-state index is 0.0272. The predicted molar refractivity (Wildman–Crippen MR) is 67.8 cm³/mol. The second kappa shape index (κ2) is 6.60. The molecule has 112 valence electrons. The lowest BCUT2D eigenvalue weighted by molar-refractivity contribution is -0.138. The third-order valence-electron chi connectivity index (χ3n) is 2.76. The lowest BCUT2D eigenvalue weighted by Gasteiger charge is -2.17. The number of carboxylic acid groups (broad SMARTS) is 1. The van der Waals surface area contributed by atoms with Gasteiger partial charge in [-0.05, 0) is 38.0 Å². The number of halogens is 3. The van der Waals surface area contributed by atoms with Crippen molar-refractivity contribution in [1.82, 2.24) is 0 Å². The van der Waals surface area contributed by atoms with E-state index in [4.69, 9.17) is 10.2 Å². The molecule has 7 heteroatoms. The van der Waals surface area contributed by atoms with E-state index in [-0.39, 0.29) is 12.6 Å². The van der Waals surface area contributed by atoms with Gasteiger partial charge in [0, 0.05) is 18.3 Å². The van der Waals surface area contributed by atoms with E-state index in [9.17, 15) is 18.0 Å². The minimum atomic E-state index is -4.70. The van der Waals surface area contributed by atoms with Gasteiger partial charge in [-0.3, -0.25) is 0 Å². The second-order valence-corrected chi connectivity index (χ2v) is 4.47. The van der Waals surface area contributed by atoms with Crippen molar-refractivity contribution in [2.45, 2.75) is 32.0 Å². The van der Waals surface area contributed by atoms with E-state index in [1.807, 2.05) is 0 Å². The zero-order valence-electron chi connectivity index (χ0n) is 10.9. The number of aliphatic hydroxyl groups is 1. The first-order valence-corrected chi connectivity index (χ1v) is 6.07. The van der Waals surface area contributed by atoms with Crippen LogP contribution in [0.2, 0.25) is 0 Å². The third-order valence-corrected chi connectivity index (χ3v) is 2.76. The number of carboxylic acids is 1. The zero-order chi connectivity index (χ0) is 15.3. The molecule has 4 nitrogen and oxygen atoms in total. The molecule has 0 saturated heterocycles. The van der Waals surface area contributed by atoms with Crippen molar-refractivity contribution in [3.05, 3.63) is 29.3 Å². The monoisotopic (exact) mass is 291 g/mol. The number of aromatic carboxylic acids is 1. The van der Waals surface area contributed by atoms with Crippen LogP contribution in [0.15, 0.2) is 18.2 Å². The molecule has 1 aromatic carbocycles. The molecule has 0 aromatic heterocycles. The van der Waals surface area contributed by atoms with Crippen molar-refractivity contribution in [2.24, 2.45) is 0 Å². The molecule has 0 bridgehead atoms. The van der Waals surface area contributed by atoms with E-state index in [0.29, 0.717) is 18.5 Å². The Bertz CT molecular complexity index is 474. The number of carbonyl (C=O) groups is 1. The molecule has 0 radical (unpaired) electrons. The molecule has 1 aromatic rings. The summed E-state index contributed by atoms with van der Waals surface area (Å²) < 4.78 is 38.0. The molecule has 1 atom stereocenters. The molecule has 0 aliphatic heterocycles. The van der Waals surface area contributed by atoms with Crippen LogP contribution in [-0.4, -0.2) is 28.8 Å². The highest BCUT2D eigenvalue weighted by molar-refractivity contribution is 5.91. The van der Waals surface area contributed by atoms with Crippen molar-refractivity contribution >= 4 is 11.7 Å². The molecule has 3 N–H and O–H groups in total. The fourth-order valence-electron chi connectivity index (χ4n) is 1.81. The van der Waals surface area contributed by atoms with Gasteiger partial charge >= 0.3 is 12.1 Å². The van der Waals surface area contributed by atoms with Gasteiger partial charge in [-0.15, -0.1) is 0 Å². The van der Waals surface area contributed by atoms with Gasteiger partial charge in [0.25, 0.3) is 0 Å². The summed E-state index contributed by atoms with van der Waals surface area (Å²) in [5.74, 6) is -1.62. The molecule has 0 spiro atoms.